The van der Waals surface area contributed by atoms with Crippen molar-refractivity contribution < 1.29 is 9.18 Å². The van der Waals surface area contributed by atoms with Crippen LogP contribution in [0.25, 0.3) is 5.95 Å². The average molecular weight is 284 g/mol. The van der Waals surface area contributed by atoms with Crippen molar-refractivity contribution >= 4 is 11.6 Å². The maximum absolute atomic E-state index is 13.0. The van der Waals surface area contributed by atoms with Gasteiger partial charge in [0, 0.05) is 18.6 Å². The van der Waals surface area contributed by atoms with Crippen LogP contribution in [0.2, 0.25) is 0 Å². The summed E-state index contributed by atoms with van der Waals surface area (Å²) in [6.07, 6.45) is 10.1. The quantitative estimate of drug-likeness (QED) is 0.786. The Labute approximate surface area is 118 Å². The van der Waals surface area contributed by atoms with Gasteiger partial charge in [-0.2, -0.15) is 0 Å². The fraction of sp³-hybridized carbons (Fsp3) is 0. The summed E-state index contributed by atoms with van der Waals surface area (Å²) in [5, 5.41) is 2.56. The zero-order chi connectivity index (χ0) is 14.7. The highest BCUT2D eigenvalue weighted by atomic mass is 19.1. The van der Waals surface area contributed by atoms with Crippen molar-refractivity contribution in [1.82, 2.24) is 24.5 Å². The Hall–Kier alpha value is -3.16. The Morgan fingerprint density at radius 1 is 1.14 bits per heavy atom. The van der Waals surface area contributed by atoms with Gasteiger partial charge in [0.1, 0.15) is 12.1 Å². The van der Waals surface area contributed by atoms with Crippen LogP contribution in [-0.4, -0.2) is 30.4 Å². The number of hydrogen-bond donors (Lipinski definition) is 1. The molecular weight excluding hydrogens is 275 g/mol. The van der Waals surface area contributed by atoms with E-state index in [9.17, 15) is 9.18 Å². The van der Waals surface area contributed by atoms with Crippen molar-refractivity contribution in [3.05, 3.63) is 61.0 Å². The molecular formula is C13H9FN6O. The van der Waals surface area contributed by atoms with Crippen molar-refractivity contribution in [2.45, 2.75) is 0 Å². The van der Waals surface area contributed by atoms with Crippen molar-refractivity contribution in [2.24, 2.45) is 0 Å². The molecule has 104 valence electrons. The monoisotopic (exact) mass is 284 g/mol. The molecule has 0 spiro atoms. The van der Waals surface area contributed by atoms with Crippen LogP contribution in [0.15, 0.2) is 49.6 Å². The maximum atomic E-state index is 13.0. The molecule has 0 aliphatic carbocycles. The van der Waals surface area contributed by atoms with Crippen LogP contribution in [0.5, 0.6) is 0 Å². The number of nitrogens with one attached hydrogen (secondary N) is 1. The molecule has 0 saturated heterocycles. The van der Waals surface area contributed by atoms with E-state index in [0.29, 0.717) is 11.6 Å². The van der Waals surface area contributed by atoms with Gasteiger partial charge in [0.2, 0.25) is 5.95 Å². The van der Waals surface area contributed by atoms with E-state index in [1.54, 1.807) is 23.3 Å². The maximum Gasteiger partial charge on any atom is 0.257 e. The molecule has 21 heavy (non-hydrogen) atoms. The molecule has 1 N–H and O–H groups in total. The van der Waals surface area contributed by atoms with Crippen molar-refractivity contribution in [3.8, 4) is 5.95 Å². The lowest BCUT2D eigenvalue weighted by atomic mass is 10.2. The van der Waals surface area contributed by atoms with Crippen LogP contribution in [-0.2, 0) is 0 Å². The Morgan fingerprint density at radius 3 is 2.62 bits per heavy atom. The fourth-order valence-corrected chi connectivity index (χ4v) is 1.64. The molecule has 0 saturated carbocycles. The lowest BCUT2D eigenvalue weighted by Crippen LogP contribution is -2.13. The van der Waals surface area contributed by atoms with E-state index in [0.717, 1.165) is 12.3 Å². The Balaban J connectivity index is 1.75. The molecule has 0 aliphatic heterocycles. The van der Waals surface area contributed by atoms with Crippen molar-refractivity contribution in [1.29, 1.82) is 0 Å². The molecule has 3 heterocycles. The molecule has 3 rings (SSSR count). The number of hydrogen-bond acceptors (Lipinski definition) is 5. The first kappa shape index (κ1) is 12.9. The second kappa shape index (κ2) is 5.45. The van der Waals surface area contributed by atoms with E-state index in [1.165, 1.54) is 18.6 Å². The number of carbonyl (C=O) groups excluding carboxylic acids is 1. The van der Waals surface area contributed by atoms with Gasteiger partial charge in [-0.3, -0.25) is 14.3 Å². The third-order valence-electron chi connectivity index (χ3n) is 2.60. The topological polar surface area (TPSA) is 85.6 Å². The molecule has 0 aromatic carbocycles. The minimum absolute atomic E-state index is 0.119. The van der Waals surface area contributed by atoms with Crippen LogP contribution in [0.3, 0.4) is 0 Å². The minimum atomic E-state index is -0.575. The molecule has 8 heteroatoms. The van der Waals surface area contributed by atoms with Crippen LogP contribution >= 0.6 is 0 Å². The summed E-state index contributed by atoms with van der Waals surface area (Å²) in [6, 6.07) is 1.10. The fourth-order valence-electron chi connectivity index (χ4n) is 1.64. The number of amides is 1. The molecule has 7 nitrogen and oxygen atoms in total. The summed E-state index contributed by atoms with van der Waals surface area (Å²) >= 11 is 0. The molecule has 0 aliphatic rings. The summed E-state index contributed by atoms with van der Waals surface area (Å²) in [5.41, 5.74) is 0.516. The zero-order valence-corrected chi connectivity index (χ0v) is 10.6. The number of aromatic nitrogens is 5. The van der Waals surface area contributed by atoms with Crippen molar-refractivity contribution in [3.63, 3.8) is 0 Å². The Morgan fingerprint density at radius 2 is 1.95 bits per heavy atom. The number of rotatable bonds is 3. The summed E-state index contributed by atoms with van der Waals surface area (Å²) in [6.45, 7) is 0. The third-order valence-corrected chi connectivity index (χ3v) is 2.60. The second-order valence-electron chi connectivity index (χ2n) is 4.09. The lowest BCUT2D eigenvalue weighted by molar-refractivity contribution is 0.102. The zero-order valence-electron chi connectivity index (χ0n) is 10.6. The number of nitrogens with zero attached hydrogens (tertiary/aromatic N) is 5. The van der Waals surface area contributed by atoms with Crippen LogP contribution in [0.1, 0.15) is 10.4 Å². The molecule has 0 atom stereocenters. The summed E-state index contributed by atoms with van der Waals surface area (Å²) < 4.78 is 14.6. The van der Waals surface area contributed by atoms with Gasteiger partial charge in [0.25, 0.3) is 5.91 Å². The van der Waals surface area contributed by atoms with E-state index in [1.807, 2.05) is 0 Å². The summed E-state index contributed by atoms with van der Waals surface area (Å²) in [5.74, 6) is -0.631. The predicted octanol–water partition coefficient (Wildman–Crippen LogP) is 1.45. The van der Waals surface area contributed by atoms with Gasteiger partial charge < -0.3 is 5.32 Å². The van der Waals surface area contributed by atoms with Crippen molar-refractivity contribution in [2.75, 3.05) is 5.32 Å². The summed E-state index contributed by atoms with van der Waals surface area (Å²) in [4.78, 5) is 27.6. The normalized spacial score (nSPS) is 10.3. The third kappa shape index (κ3) is 2.89. The first-order valence-electron chi connectivity index (χ1n) is 5.94. The number of pyridine rings is 1. The first-order chi connectivity index (χ1) is 10.2. The van der Waals surface area contributed by atoms with E-state index in [2.05, 4.69) is 25.3 Å². The van der Waals surface area contributed by atoms with E-state index >= 15 is 0 Å². The number of carbonyl (C=O) groups is 1. The highest BCUT2D eigenvalue weighted by molar-refractivity contribution is 6.03. The largest absolute Gasteiger partial charge is 0.319 e. The van der Waals surface area contributed by atoms with Crippen LogP contribution < -0.4 is 5.32 Å². The number of imidazole rings is 1. The number of anilines is 1. The SMILES string of the molecule is O=C(Nc1cnc(-n2ccnc2)nc1)c1cncc(F)c1. The molecule has 0 unspecified atom stereocenters. The Bertz CT molecular complexity index is 757. The highest BCUT2D eigenvalue weighted by Gasteiger charge is 2.08. The van der Waals surface area contributed by atoms with Gasteiger partial charge in [-0.25, -0.2) is 19.3 Å². The first-order valence-corrected chi connectivity index (χ1v) is 5.94. The average Bonchev–Trinajstić information content (AvgIpc) is 3.02. The standard InChI is InChI=1S/C13H9FN6O/c14-10-3-9(4-16-5-10)12(21)19-11-6-17-13(18-7-11)20-2-1-15-8-20/h1-8H,(H,19,21). The molecule has 0 fully saturated rings. The molecule has 3 aromatic heterocycles. The minimum Gasteiger partial charge on any atom is -0.319 e. The van der Waals surface area contributed by atoms with Gasteiger partial charge >= 0.3 is 0 Å². The predicted molar refractivity (Wildman–Crippen MR) is 71.3 cm³/mol. The van der Waals surface area contributed by atoms with E-state index in [4.69, 9.17) is 0 Å². The van der Waals surface area contributed by atoms with Gasteiger partial charge in [-0.1, -0.05) is 0 Å². The second-order valence-corrected chi connectivity index (χ2v) is 4.09. The van der Waals surface area contributed by atoms with Gasteiger partial charge in [0.05, 0.1) is 29.8 Å². The van der Waals surface area contributed by atoms with Gasteiger partial charge in [-0.05, 0) is 6.07 Å². The summed E-state index contributed by atoms with van der Waals surface area (Å²) in [7, 11) is 0. The Kier molecular flexibility index (Phi) is 3.34. The lowest BCUT2D eigenvalue weighted by Gasteiger charge is -2.05. The molecule has 3 aromatic rings. The molecule has 1 amide bonds. The molecule has 0 radical (unpaired) electrons. The number of halogens is 1. The smallest absolute Gasteiger partial charge is 0.257 e. The van der Waals surface area contributed by atoms with Crippen LogP contribution in [0, 0.1) is 5.82 Å². The molecule has 0 bridgehead atoms. The van der Waals surface area contributed by atoms with Gasteiger partial charge in [-0.15, -0.1) is 0 Å². The van der Waals surface area contributed by atoms with Gasteiger partial charge in [0.15, 0.2) is 0 Å². The van der Waals surface area contributed by atoms with E-state index < -0.39 is 11.7 Å². The highest BCUT2D eigenvalue weighted by Crippen LogP contribution is 2.09. The van der Waals surface area contributed by atoms with E-state index in [-0.39, 0.29) is 5.56 Å². The van der Waals surface area contributed by atoms with Crippen LogP contribution in [0.4, 0.5) is 10.1 Å².